The highest BCUT2D eigenvalue weighted by atomic mass is 16.2. The van der Waals surface area contributed by atoms with Gasteiger partial charge in [-0.3, -0.25) is 14.8 Å². The largest absolute Gasteiger partial charge is 0.358 e. The number of nitrogens with zero attached hydrogens (tertiary/aromatic N) is 6. The van der Waals surface area contributed by atoms with Crippen LogP contribution < -0.4 is 10.2 Å². The van der Waals surface area contributed by atoms with Gasteiger partial charge in [0, 0.05) is 20.9 Å². The maximum absolute atomic E-state index is 12.7. The summed E-state index contributed by atoms with van der Waals surface area (Å²) in [5.41, 5.74) is 1.03. The van der Waals surface area contributed by atoms with Crippen LogP contribution in [0.1, 0.15) is 30.5 Å². The van der Waals surface area contributed by atoms with Crippen molar-refractivity contribution in [3.05, 3.63) is 30.4 Å². The number of rotatable bonds is 2. The lowest BCUT2D eigenvalue weighted by Gasteiger charge is -2.38. The first-order valence-electron chi connectivity index (χ1n) is 9.87. The minimum absolute atomic E-state index is 0.0486. The summed E-state index contributed by atoms with van der Waals surface area (Å²) in [5.74, 6) is 0.704. The predicted octanol–water partition coefficient (Wildman–Crippen LogP) is 2.19. The summed E-state index contributed by atoms with van der Waals surface area (Å²) in [6.07, 6.45) is 2.97. The number of amides is 1. The van der Waals surface area contributed by atoms with Crippen molar-refractivity contribution in [1.29, 1.82) is 0 Å². The first-order chi connectivity index (χ1) is 14.1. The smallest absolute Gasteiger partial charge is 0.248 e. The molecule has 1 aliphatic rings. The average Bonchev–Trinajstić information content (AvgIpc) is 3.21. The first kappa shape index (κ1) is 13.8. The van der Waals surface area contributed by atoms with Gasteiger partial charge in [0.05, 0.1) is 18.4 Å². The molecule has 0 unspecified atom stereocenters. The number of nitrogens with one attached hydrogen (secondary N) is 2. The van der Waals surface area contributed by atoms with E-state index >= 15 is 0 Å². The van der Waals surface area contributed by atoms with Gasteiger partial charge in [-0.15, -0.1) is 0 Å². The molecule has 0 aliphatic carbocycles. The van der Waals surface area contributed by atoms with E-state index in [0.717, 1.165) is 0 Å². The number of aromatic amines is 1. The number of anilines is 2. The molecule has 2 N–H and O–H groups in total. The van der Waals surface area contributed by atoms with Crippen LogP contribution in [-0.2, 0) is 4.79 Å². The number of fused-ring (bicyclic) bond motifs is 1. The van der Waals surface area contributed by atoms with E-state index in [1.54, 1.807) is 12.3 Å². The van der Waals surface area contributed by atoms with E-state index in [1.165, 1.54) is 25.1 Å². The average molecular weight is 367 g/mol. The van der Waals surface area contributed by atoms with Crippen molar-refractivity contribution in [3.63, 3.8) is 0 Å². The number of aryl methyl sites for hydroxylation is 1. The van der Waals surface area contributed by atoms with E-state index in [9.17, 15) is 4.79 Å². The van der Waals surface area contributed by atoms with Crippen LogP contribution in [0.15, 0.2) is 24.7 Å². The molecule has 0 bridgehead atoms. The van der Waals surface area contributed by atoms with Crippen LogP contribution >= 0.6 is 0 Å². The number of carbonyl (C=O) groups is 1. The molecule has 9 nitrogen and oxygen atoms in total. The molecule has 0 spiro atoms. The van der Waals surface area contributed by atoms with Crippen molar-refractivity contribution in [2.45, 2.75) is 33.2 Å². The van der Waals surface area contributed by atoms with Gasteiger partial charge in [-0.25, -0.2) is 19.9 Å². The Morgan fingerprint density at radius 2 is 2.07 bits per heavy atom. The van der Waals surface area contributed by atoms with Crippen LogP contribution in [0.25, 0.3) is 22.8 Å². The van der Waals surface area contributed by atoms with Crippen molar-refractivity contribution in [3.8, 4) is 22.8 Å². The zero-order chi connectivity index (χ0) is 21.7. The normalized spacial score (nSPS) is 16.2. The molecular formula is C18H20N8O. The third-order valence-corrected chi connectivity index (χ3v) is 4.20. The van der Waals surface area contributed by atoms with E-state index < -0.39 is 12.4 Å². The second kappa shape index (κ2) is 6.11. The van der Waals surface area contributed by atoms with E-state index in [1.807, 2.05) is 13.0 Å². The third kappa shape index (κ3) is 3.01. The molecule has 0 saturated heterocycles. The molecule has 1 aliphatic heterocycles. The number of hydrogen-bond acceptors (Lipinski definition) is 7. The monoisotopic (exact) mass is 367 g/mol. The maximum atomic E-state index is 12.7. The Labute approximate surface area is 160 Å². The second-order valence-corrected chi connectivity index (χ2v) is 6.73. The lowest BCUT2D eigenvalue weighted by atomic mass is 10.0. The van der Waals surface area contributed by atoms with Gasteiger partial charge in [0.1, 0.15) is 12.0 Å². The molecule has 4 rings (SSSR count). The second-order valence-electron chi connectivity index (χ2n) is 6.73. The van der Waals surface area contributed by atoms with Crippen LogP contribution in [0.4, 0.5) is 11.6 Å². The Balaban J connectivity index is 1.79. The van der Waals surface area contributed by atoms with E-state index in [-0.39, 0.29) is 18.3 Å². The molecular weight excluding hydrogens is 344 g/mol. The molecule has 27 heavy (non-hydrogen) atoms. The van der Waals surface area contributed by atoms with Crippen LogP contribution in [0, 0.1) is 6.92 Å². The van der Waals surface area contributed by atoms with E-state index in [4.69, 9.17) is 4.11 Å². The lowest BCUT2D eigenvalue weighted by Crippen LogP contribution is -2.51. The van der Waals surface area contributed by atoms with E-state index in [2.05, 4.69) is 35.5 Å². The van der Waals surface area contributed by atoms with Gasteiger partial charge < -0.3 is 5.32 Å². The van der Waals surface area contributed by atoms with Gasteiger partial charge in [0.25, 0.3) is 0 Å². The molecule has 0 atom stereocenters. The van der Waals surface area contributed by atoms with Gasteiger partial charge in [-0.05, 0) is 39.8 Å². The standard InChI is InChI=1S/C18H20N8O/c1-10-11(5-6-12(23-10)15-21-9-22-25-15)13-7-19-16-17(24-13)26(18(2,3)4)14(27)8-20-16/h5-7,9H,8H2,1-4H3,(H,19,20)(H,21,22,25)/i2D3. The van der Waals surface area contributed by atoms with Gasteiger partial charge >= 0.3 is 0 Å². The minimum atomic E-state index is -2.41. The highest BCUT2D eigenvalue weighted by Gasteiger charge is 2.35. The summed E-state index contributed by atoms with van der Waals surface area (Å²) >= 11 is 0. The van der Waals surface area contributed by atoms with Crippen molar-refractivity contribution in [1.82, 2.24) is 30.1 Å². The number of aromatic nitrogens is 6. The predicted molar refractivity (Wildman–Crippen MR) is 101 cm³/mol. The molecule has 138 valence electrons. The quantitative estimate of drug-likeness (QED) is 0.714. The van der Waals surface area contributed by atoms with Gasteiger partial charge in [0.2, 0.25) is 5.91 Å². The molecule has 3 aromatic heterocycles. The summed E-state index contributed by atoms with van der Waals surface area (Å²) < 4.78 is 23.7. The minimum Gasteiger partial charge on any atom is -0.358 e. The van der Waals surface area contributed by atoms with E-state index in [0.29, 0.717) is 34.3 Å². The summed E-state index contributed by atoms with van der Waals surface area (Å²) in [5, 5.41) is 9.49. The zero-order valence-electron chi connectivity index (χ0n) is 18.1. The number of carbonyl (C=O) groups excluding carboxylic acids is 1. The number of pyridine rings is 1. The molecule has 0 radical (unpaired) electrons. The fraction of sp³-hybridized carbons (Fsp3) is 0.333. The van der Waals surface area contributed by atoms with Crippen molar-refractivity contribution in [2.75, 3.05) is 16.8 Å². The summed E-state index contributed by atoms with van der Waals surface area (Å²) in [7, 11) is 0. The van der Waals surface area contributed by atoms with Crippen molar-refractivity contribution >= 4 is 17.5 Å². The lowest BCUT2D eigenvalue weighted by molar-refractivity contribution is -0.118. The van der Waals surface area contributed by atoms with Crippen molar-refractivity contribution < 1.29 is 8.91 Å². The molecule has 9 heteroatoms. The first-order valence-corrected chi connectivity index (χ1v) is 8.37. The Hall–Kier alpha value is -3.36. The third-order valence-electron chi connectivity index (χ3n) is 4.20. The highest BCUT2D eigenvalue weighted by molar-refractivity contribution is 6.02. The molecule has 3 aromatic rings. The molecule has 4 heterocycles. The molecule has 1 amide bonds. The Morgan fingerprint density at radius 1 is 1.22 bits per heavy atom. The fourth-order valence-electron chi connectivity index (χ4n) is 3.02. The summed E-state index contributed by atoms with van der Waals surface area (Å²) in [6.45, 7) is 2.36. The van der Waals surface area contributed by atoms with Crippen LogP contribution in [0.3, 0.4) is 0 Å². The molecule has 0 aromatic carbocycles. The highest BCUT2D eigenvalue weighted by Crippen LogP contribution is 2.33. The number of H-pyrrole nitrogens is 1. The Morgan fingerprint density at radius 3 is 2.78 bits per heavy atom. The summed E-state index contributed by atoms with van der Waals surface area (Å²) in [4.78, 5) is 31.5. The van der Waals surface area contributed by atoms with Crippen LogP contribution in [-0.4, -0.2) is 48.1 Å². The van der Waals surface area contributed by atoms with Gasteiger partial charge in [0.15, 0.2) is 17.5 Å². The summed E-state index contributed by atoms with van der Waals surface area (Å²) in [6, 6.07) is 3.60. The molecule has 0 saturated carbocycles. The SMILES string of the molecule is [2H]C([2H])([2H])C(C)(C)N1C(=O)CNc2ncc(-c3ccc(-c4ncn[nH]4)nc3C)nc21. The maximum Gasteiger partial charge on any atom is 0.248 e. The van der Waals surface area contributed by atoms with Crippen LogP contribution in [0.5, 0.6) is 0 Å². The topological polar surface area (TPSA) is 113 Å². The van der Waals surface area contributed by atoms with Crippen molar-refractivity contribution in [2.24, 2.45) is 0 Å². The number of hydrogen-bond donors (Lipinski definition) is 2. The van der Waals surface area contributed by atoms with Crippen LogP contribution in [0.2, 0.25) is 0 Å². The van der Waals surface area contributed by atoms with Gasteiger partial charge in [-0.1, -0.05) is 0 Å². The Kier molecular flexibility index (Phi) is 3.12. The Bertz CT molecular complexity index is 1110. The molecule has 0 fully saturated rings. The zero-order valence-corrected chi connectivity index (χ0v) is 15.1. The van der Waals surface area contributed by atoms with Gasteiger partial charge in [-0.2, -0.15) is 5.10 Å². The fourth-order valence-corrected chi connectivity index (χ4v) is 3.02.